The van der Waals surface area contributed by atoms with Crippen molar-refractivity contribution in [2.75, 3.05) is 39.4 Å². The molecule has 2 aliphatic rings. The largest absolute Gasteiger partial charge is 0.361 e. The summed E-state index contributed by atoms with van der Waals surface area (Å²) in [4.78, 5) is 9.57. The highest BCUT2D eigenvalue weighted by Gasteiger charge is 2.22. The maximum atomic E-state index is 9.99. The first-order chi connectivity index (χ1) is 8.24. The van der Waals surface area contributed by atoms with Gasteiger partial charge in [-0.15, -0.1) is 0 Å². The lowest BCUT2D eigenvalue weighted by atomic mass is 10.3. The van der Waals surface area contributed by atoms with E-state index >= 15 is 0 Å². The van der Waals surface area contributed by atoms with Gasteiger partial charge in [-0.3, -0.25) is 10.1 Å². The second kappa shape index (κ2) is 7.92. The van der Waals surface area contributed by atoms with Crippen LogP contribution < -0.4 is 10.6 Å². The van der Waals surface area contributed by atoms with E-state index in [1.54, 1.807) is 0 Å². The molecule has 0 aromatic rings. The zero-order chi connectivity index (χ0) is 12.5. The van der Waals surface area contributed by atoms with Crippen molar-refractivity contribution < 1.29 is 14.4 Å². The minimum atomic E-state index is -0.834. The normalized spacial score (nSPS) is 28.4. The van der Waals surface area contributed by atoms with Crippen LogP contribution in [-0.2, 0) is 9.47 Å². The molecule has 2 unspecified atom stereocenters. The minimum Gasteiger partial charge on any atom is -0.361 e. The highest BCUT2D eigenvalue weighted by molar-refractivity contribution is 4.87. The van der Waals surface area contributed by atoms with Crippen LogP contribution in [0.25, 0.3) is 0 Å². The quantitative estimate of drug-likeness (QED) is 0.436. The monoisotopic (exact) mass is 244 g/mol. The van der Waals surface area contributed by atoms with E-state index < -0.39 is 11.2 Å². The van der Waals surface area contributed by atoms with E-state index in [0.29, 0.717) is 32.8 Å². The van der Waals surface area contributed by atoms with Gasteiger partial charge in [-0.2, -0.15) is 5.26 Å². The van der Waals surface area contributed by atoms with Crippen molar-refractivity contribution in [2.24, 2.45) is 0 Å². The molecule has 8 heteroatoms. The van der Waals surface area contributed by atoms with Crippen molar-refractivity contribution in [1.29, 1.82) is 5.26 Å². The molecule has 2 N–H and O–H groups in total. The molecule has 0 bridgehead atoms. The summed E-state index contributed by atoms with van der Waals surface area (Å²) in [6.07, 6.45) is -1.05. The topological polar surface area (TPSA) is 109 Å². The third kappa shape index (κ3) is 5.55. The number of nitro groups is 1. The molecule has 0 spiro atoms. The molecule has 2 aliphatic heterocycles. The first kappa shape index (κ1) is 13.8. The zero-order valence-electron chi connectivity index (χ0n) is 9.42. The molecular weight excluding hydrogens is 228 g/mol. The number of nitrogens with one attached hydrogen (secondary N) is 2. The van der Waals surface area contributed by atoms with Crippen LogP contribution in [0, 0.1) is 21.4 Å². The van der Waals surface area contributed by atoms with Crippen molar-refractivity contribution >= 4 is 0 Å². The van der Waals surface area contributed by atoms with Gasteiger partial charge in [0, 0.05) is 19.6 Å². The van der Waals surface area contributed by atoms with Crippen LogP contribution in [0.3, 0.4) is 0 Å². The minimum absolute atomic E-state index is 0.219. The molecule has 0 aliphatic carbocycles. The summed E-state index contributed by atoms with van der Waals surface area (Å²) in [5.41, 5.74) is 0. The van der Waals surface area contributed by atoms with Gasteiger partial charge in [0.15, 0.2) is 6.10 Å². The number of morpholine rings is 2. The van der Waals surface area contributed by atoms with E-state index in [2.05, 4.69) is 10.6 Å². The van der Waals surface area contributed by atoms with Crippen LogP contribution in [0.2, 0.25) is 0 Å². The molecule has 2 atom stereocenters. The van der Waals surface area contributed by atoms with E-state index in [9.17, 15) is 10.1 Å². The van der Waals surface area contributed by atoms with E-state index in [1.165, 1.54) is 0 Å². The highest BCUT2D eigenvalue weighted by Crippen LogP contribution is 1.94. The molecule has 0 radical (unpaired) electrons. The Labute approximate surface area is 99.0 Å². The summed E-state index contributed by atoms with van der Waals surface area (Å²) in [7, 11) is 0. The fourth-order valence-corrected chi connectivity index (χ4v) is 1.34. The second-order valence-electron chi connectivity index (χ2n) is 3.51. The van der Waals surface area contributed by atoms with Gasteiger partial charge in [0.1, 0.15) is 0 Å². The molecule has 0 saturated carbocycles. The van der Waals surface area contributed by atoms with Gasteiger partial charge in [0.05, 0.1) is 30.8 Å². The molecule has 8 nitrogen and oxygen atoms in total. The SMILES string of the molecule is N#CC1CNCCO1.O=[N+]([O-])C1CNCCO1. The molecular formula is C9H16N4O4. The van der Waals surface area contributed by atoms with Gasteiger partial charge in [-0.1, -0.05) is 0 Å². The smallest absolute Gasteiger partial charge is 0.327 e. The van der Waals surface area contributed by atoms with E-state index in [-0.39, 0.29) is 6.10 Å². The third-order valence-corrected chi connectivity index (χ3v) is 2.21. The lowest BCUT2D eigenvalue weighted by Gasteiger charge is -2.16. The average Bonchev–Trinajstić information content (AvgIpc) is 2.41. The fourth-order valence-electron chi connectivity index (χ4n) is 1.34. The predicted molar refractivity (Wildman–Crippen MR) is 57.8 cm³/mol. The van der Waals surface area contributed by atoms with Crippen LogP contribution in [0.1, 0.15) is 0 Å². The van der Waals surface area contributed by atoms with Crippen LogP contribution in [-0.4, -0.2) is 56.6 Å². The molecule has 96 valence electrons. The van der Waals surface area contributed by atoms with Crippen LogP contribution in [0.5, 0.6) is 0 Å². The molecule has 0 amide bonds. The molecule has 0 aromatic heterocycles. The van der Waals surface area contributed by atoms with Crippen molar-refractivity contribution in [3.05, 3.63) is 10.1 Å². The number of nitriles is 1. The summed E-state index contributed by atoms with van der Waals surface area (Å²) < 4.78 is 9.78. The Kier molecular flexibility index (Phi) is 6.42. The Morgan fingerprint density at radius 1 is 1.24 bits per heavy atom. The lowest BCUT2D eigenvalue weighted by molar-refractivity contribution is -0.576. The first-order valence-corrected chi connectivity index (χ1v) is 5.42. The highest BCUT2D eigenvalue weighted by atomic mass is 16.7. The van der Waals surface area contributed by atoms with Gasteiger partial charge in [0.2, 0.25) is 0 Å². The number of nitrogens with zero attached hydrogens (tertiary/aromatic N) is 2. The van der Waals surface area contributed by atoms with Crippen LogP contribution >= 0.6 is 0 Å². The lowest BCUT2D eigenvalue weighted by Crippen LogP contribution is -2.42. The van der Waals surface area contributed by atoms with Gasteiger partial charge >= 0.3 is 6.23 Å². The zero-order valence-corrected chi connectivity index (χ0v) is 9.42. The molecule has 2 saturated heterocycles. The van der Waals surface area contributed by atoms with Gasteiger partial charge in [-0.25, -0.2) is 0 Å². The van der Waals surface area contributed by atoms with E-state index in [0.717, 1.165) is 6.54 Å². The Balaban J connectivity index is 0.000000171. The van der Waals surface area contributed by atoms with E-state index in [4.69, 9.17) is 14.7 Å². The molecule has 2 fully saturated rings. The Hall–Kier alpha value is -1.27. The van der Waals surface area contributed by atoms with Crippen molar-refractivity contribution in [2.45, 2.75) is 12.3 Å². The van der Waals surface area contributed by atoms with Crippen molar-refractivity contribution in [1.82, 2.24) is 10.6 Å². The first-order valence-electron chi connectivity index (χ1n) is 5.42. The van der Waals surface area contributed by atoms with Crippen molar-refractivity contribution in [3.8, 4) is 6.07 Å². The standard InChI is InChI=1S/C5H8N2O.C4H8N2O3/c6-3-5-4-7-1-2-8-5;7-6(8)4-3-5-1-2-9-4/h5,7H,1-2,4H2;4-5H,1-3H2. The summed E-state index contributed by atoms with van der Waals surface area (Å²) in [5, 5.41) is 24.2. The van der Waals surface area contributed by atoms with Gasteiger partial charge in [-0.05, 0) is 0 Å². The van der Waals surface area contributed by atoms with E-state index in [1.807, 2.05) is 6.07 Å². The number of ether oxygens (including phenoxy) is 2. The Morgan fingerprint density at radius 3 is 2.18 bits per heavy atom. The molecule has 2 rings (SSSR count). The molecule has 17 heavy (non-hydrogen) atoms. The summed E-state index contributed by atoms with van der Waals surface area (Å²) in [5.74, 6) is 0. The predicted octanol–water partition coefficient (Wildman–Crippen LogP) is -1.29. The summed E-state index contributed by atoms with van der Waals surface area (Å²) >= 11 is 0. The average molecular weight is 244 g/mol. The van der Waals surface area contributed by atoms with Gasteiger partial charge in [0.25, 0.3) is 0 Å². The maximum Gasteiger partial charge on any atom is 0.327 e. The maximum absolute atomic E-state index is 9.99. The van der Waals surface area contributed by atoms with Crippen LogP contribution in [0.15, 0.2) is 0 Å². The summed E-state index contributed by atoms with van der Waals surface area (Å²) in [6.45, 7) is 3.69. The molecule has 0 aromatic carbocycles. The Bertz CT molecular complexity index is 269. The fraction of sp³-hybridized carbons (Fsp3) is 0.889. The molecule has 2 heterocycles. The Morgan fingerprint density at radius 2 is 1.88 bits per heavy atom. The van der Waals surface area contributed by atoms with Crippen molar-refractivity contribution in [3.63, 3.8) is 0 Å². The number of rotatable bonds is 1. The summed E-state index contributed by atoms with van der Waals surface area (Å²) in [6, 6.07) is 2.02. The second-order valence-corrected chi connectivity index (χ2v) is 3.51. The number of hydrogen-bond acceptors (Lipinski definition) is 7. The third-order valence-electron chi connectivity index (χ3n) is 2.21. The number of hydrogen-bond donors (Lipinski definition) is 2. The van der Waals surface area contributed by atoms with Crippen LogP contribution in [0.4, 0.5) is 0 Å². The van der Waals surface area contributed by atoms with Gasteiger partial charge < -0.3 is 20.1 Å².